The number of hydrogen-bond donors (Lipinski definition) is 0. The number of rotatable bonds is 5. The Morgan fingerprint density at radius 1 is 1.20 bits per heavy atom. The van der Waals surface area contributed by atoms with Crippen LogP contribution in [-0.4, -0.2) is 26.5 Å². The lowest BCUT2D eigenvalue weighted by molar-refractivity contribution is -0.211. The van der Waals surface area contributed by atoms with Gasteiger partial charge in [-0.05, 0) is 30.3 Å². The third kappa shape index (κ3) is 3.92. The normalized spacial score (nSPS) is 10.3. The van der Waals surface area contributed by atoms with E-state index in [-0.39, 0.29) is 17.1 Å². The van der Waals surface area contributed by atoms with Gasteiger partial charge in [-0.15, -0.1) is 0 Å². The van der Waals surface area contributed by atoms with Crippen LogP contribution >= 0.6 is 15.9 Å². The standard InChI is InChI=1S/C17H12BrN3O4/c1-11(22)24-25-15-6-5-13(18)8-14(15)17(23)12-9-20-21(10-12)16-4-2-3-7-19-16/h2-10H,1H3. The molecule has 0 saturated heterocycles. The van der Waals surface area contributed by atoms with E-state index >= 15 is 0 Å². The second-order valence-corrected chi connectivity index (χ2v) is 5.91. The highest BCUT2D eigenvalue weighted by Crippen LogP contribution is 2.26. The maximum Gasteiger partial charge on any atom is 0.352 e. The van der Waals surface area contributed by atoms with E-state index in [1.165, 1.54) is 23.9 Å². The number of nitrogens with zero attached hydrogens (tertiary/aromatic N) is 3. The highest BCUT2D eigenvalue weighted by Gasteiger charge is 2.19. The molecule has 0 unspecified atom stereocenters. The first-order valence-corrected chi connectivity index (χ1v) is 7.99. The van der Waals surface area contributed by atoms with E-state index < -0.39 is 5.97 Å². The van der Waals surface area contributed by atoms with Gasteiger partial charge < -0.3 is 0 Å². The smallest absolute Gasteiger partial charge is 0.288 e. The molecule has 8 heteroatoms. The van der Waals surface area contributed by atoms with Crippen molar-refractivity contribution in [1.29, 1.82) is 0 Å². The predicted molar refractivity (Wildman–Crippen MR) is 91.3 cm³/mol. The van der Waals surface area contributed by atoms with Gasteiger partial charge in [0.25, 0.3) is 0 Å². The van der Waals surface area contributed by atoms with Gasteiger partial charge in [0, 0.05) is 23.8 Å². The van der Waals surface area contributed by atoms with E-state index in [0.717, 1.165) is 0 Å². The maximum absolute atomic E-state index is 12.8. The molecular formula is C17H12BrN3O4. The Bertz CT molecular complexity index is 925. The summed E-state index contributed by atoms with van der Waals surface area (Å²) in [5, 5.41) is 4.15. The lowest BCUT2D eigenvalue weighted by atomic mass is 10.1. The zero-order chi connectivity index (χ0) is 17.8. The van der Waals surface area contributed by atoms with Gasteiger partial charge in [0.1, 0.15) is 0 Å². The molecule has 0 aliphatic carbocycles. The quantitative estimate of drug-likeness (QED) is 0.371. The molecule has 0 bridgehead atoms. The van der Waals surface area contributed by atoms with Gasteiger partial charge in [0.2, 0.25) is 0 Å². The molecule has 2 heterocycles. The largest absolute Gasteiger partial charge is 0.352 e. The van der Waals surface area contributed by atoms with Crippen LogP contribution in [0.4, 0.5) is 0 Å². The second-order valence-electron chi connectivity index (χ2n) is 4.99. The fourth-order valence-electron chi connectivity index (χ4n) is 2.07. The highest BCUT2D eigenvalue weighted by molar-refractivity contribution is 9.10. The van der Waals surface area contributed by atoms with Crippen molar-refractivity contribution >= 4 is 27.7 Å². The Hall–Kier alpha value is -3.00. The summed E-state index contributed by atoms with van der Waals surface area (Å²) in [6.07, 6.45) is 4.65. The van der Waals surface area contributed by atoms with E-state index in [1.54, 1.807) is 36.7 Å². The van der Waals surface area contributed by atoms with E-state index in [1.807, 2.05) is 6.07 Å². The van der Waals surface area contributed by atoms with E-state index in [9.17, 15) is 9.59 Å². The molecule has 0 aliphatic heterocycles. The molecule has 1 aromatic carbocycles. The van der Waals surface area contributed by atoms with Crippen LogP contribution in [0.2, 0.25) is 0 Å². The first kappa shape index (κ1) is 16.8. The minimum absolute atomic E-state index is 0.133. The maximum atomic E-state index is 12.8. The van der Waals surface area contributed by atoms with E-state index in [4.69, 9.17) is 4.89 Å². The number of carbonyl (C=O) groups excluding carboxylic acids is 2. The van der Waals surface area contributed by atoms with Crippen molar-refractivity contribution in [1.82, 2.24) is 14.8 Å². The van der Waals surface area contributed by atoms with Gasteiger partial charge in [-0.2, -0.15) is 5.10 Å². The number of carbonyl (C=O) groups is 2. The Kier molecular flexibility index (Phi) is 4.90. The molecule has 0 aliphatic rings. The number of aromatic nitrogens is 3. The summed E-state index contributed by atoms with van der Waals surface area (Å²) in [4.78, 5) is 37.4. The van der Waals surface area contributed by atoms with Crippen molar-refractivity contribution in [3.05, 3.63) is 70.6 Å². The summed E-state index contributed by atoms with van der Waals surface area (Å²) in [5.41, 5.74) is 0.577. The molecule has 0 atom stereocenters. The first-order chi connectivity index (χ1) is 12.0. The number of halogens is 1. The average Bonchev–Trinajstić information content (AvgIpc) is 3.11. The highest BCUT2D eigenvalue weighted by atomic mass is 79.9. The third-order valence-corrected chi connectivity index (χ3v) is 3.66. The molecule has 2 aromatic heterocycles. The zero-order valence-electron chi connectivity index (χ0n) is 13.0. The minimum Gasteiger partial charge on any atom is -0.288 e. The molecular weight excluding hydrogens is 390 g/mol. The van der Waals surface area contributed by atoms with Crippen LogP contribution < -0.4 is 4.89 Å². The molecule has 0 fully saturated rings. The van der Waals surface area contributed by atoms with Crippen LogP contribution in [0.3, 0.4) is 0 Å². The van der Waals surface area contributed by atoms with Gasteiger partial charge in [-0.25, -0.2) is 14.5 Å². The lowest BCUT2D eigenvalue weighted by Crippen LogP contribution is -2.08. The van der Waals surface area contributed by atoms with Crippen molar-refractivity contribution in [3.8, 4) is 11.6 Å². The van der Waals surface area contributed by atoms with Gasteiger partial charge in [0.05, 0.1) is 17.3 Å². The first-order valence-electron chi connectivity index (χ1n) is 7.20. The Labute approximate surface area is 151 Å². The molecule has 7 nitrogen and oxygen atoms in total. The van der Waals surface area contributed by atoms with Crippen molar-refractivity contribution < 1.29 is 19.4 Å². The van der Waals surface area contributed by atoms with Crippen molar-refractivity contribution in [2.24, 2.45) is 0 Å². The average molecular weight is 402 g/mol. The molecule has 0 saturated carbocycles. The molecule has 0 N–H and O–H groups in total. The minimum atomic E-state index is -0.621. The number of benzene rings is 1. The van der Waals surface area contributed by atoms with Crippen LogP contribution in [0, 0.1) is 0 Å². The predicted octanol–water partition coefficient (Wildman–Crippen LogP) is 3.12. The van der Waals surface area contributed by atoms with Crippen LogP contribution in [0.25, 0.3) is 5.82 Å². The van der Waals surface area contributed by atoms with Crippen LogP contribution in [-0.2, 0) is 9.68 Å². The van der Waals surface area contributed by atoms with E-state index in [2.05, 4.69) is 30.9 Å². The molecule has 0 spiro atoms. The summed E-state index contributed by atoms with van der Waals surface area (Å²) in [5.74, 6) is -0.226. The summed E-state index contributed by atoms with van der Waals surface area (Å²) in [6, 6.07) is 10.2. The SMILES string of the molecule is CC(=O)OOc1ccc(Br)cc1C(=O)c1cnn(-c2ccccn2)c1. The number of hydrogen-bond acceptors (Lipinski definition) is 6. The van der Waals surface area contributed by atoms with Crippen molar-refractivity contribution in [2.75, 3.05) is 0 Å². The van der Waals surface area contributed by atoms with Crippen molar-refractivity contribution in [2.45, 2.75) is 6.92 Å². The summed E-state index contributed by atoms with van der Waals surface area (Å²) in [6.45, 7) is 1.21. The molecule has 0 amide bonds. The number of ketones is 1. The Balaban J connectivity index is 1.92. The summed E-state index contributed by atoms with van der Waals surface area (Å²) in [7, 11) is 0. The number of pyridine rings is 1. The molecule has 0 radical (unpaired) electrons. The van der Waals surface area contributed by atoms with Gasteiger partial charge in [-0.3, -0.25) is 14.6 Å². The van der Waals surface area contributed by atoms with Gasteiger partial charge in [0.15, 0.2) is 17.4 Å². The molecule has 3 rings (SSSR count). The molecule has 25 heavy (non-hydrogen) atoms. The molecule has 3 aromatic rings. The Morgan fingerprint density at radius 2 is 2.04 bits per heavy atom. The van der Waals surface area contributed by atoms with E-state index in [0.29, 0.717) is 15.9 Å². The fraction of sp³-hybridized carbons (Fsp3) is 0.0588. The zero-order valence-corrected chi connectivity index (χ0v) is 14.6. The fourth-order valence-corrected chi connectivity index (χ4v) is 2.43. The monoisotopic (exact) mass is 401 g/mol. The summed E-state index contributed by atoms with van der Waals surface area (Å²) < 4.78 is 2.18. The van der Waals surface area contributed by atoms with Gasteiger partial charge in [-0.1, -0.05) is 22.0 Å². The van der Waals surface area contributed by atoms with Crippen molar-refractivity contribution in [3.63, 3.8) is 0 Å². The lowest BCUT2D eigenvalue weighted by Gasteiger charge is -2.08. The van der Waals surface area contributed by atoms with Crippen LogP contribution in [0.15, 0.2) is 59.5 Å². The van der Waals surface area contributed by atoms with Gasteiger partial charge >= 0.3 is 5.97 Å². The Morgan fingerprint density at radius 3 is 2.76 bits per heavy atom. The van der Waals surface area contributed by atoms with Crippen LogP contribution in [0.1, 0.15) is 22.8 Å². The second kappa shape index (κ2) is 7.27. The third-order valence-electron chi connectivity index (χ3n) is 3.16. The van der Waals surface area contributed by atoms with Crippen LogP contribution in [0.5, 0.6) is 5.75 Å². The molecule has 126 valence electrons. The topological polar surface area (TPSA) is 83.3 Å². The summed E-state index contributed by atoms with van der Waals surface area (Å²) >= 11 is 3.31.